The van der Waals surface area contributed by atoms with Crippen molar-refractivity contribution in [2.24, 2.45) is 0 Å². The highest BCUT2D eigenvalue weighted by molar-refractivity contribution is 9.10. The van der Waals surface area contributed by atoms with Gasteiger partial charge in [-0.05, 0) is 64.8 Å². The molecule has 29 heavy (non-hydrogen) atoms. The molecular weight excluding hydrogens is 462 g/mol. The molecule has 2 amide bonds. The van der Waals surface area contributed by atoms with E-state index >= 15 is 0 Å². The lowest BCUT2D eigenvalue weighted by molar-refractivity contribution is -0.150. The van der Waals surface area contributed by atoms with E-state index in [0.717, 1.165) is 16.7 Å². The fourth-order valence-electron chi connectivity index (χ4n) is 2.34. The second-order valence-electron chi connectivity index (χ2n) is 6.00. The number of hydrogen-bond acceptors (Lipinski definition) is 7. The third-order valence-corrected chi connectivity index (χ3v) is 5.41. The van der Waals surface area contributed by atoms with Crippen molar-refractivity contribution in [1.29, 1.82) is 0 Å². The topological polar surface area (TPSA) is 82.1 Å². The zero-order valence-electron chi connectivity index (χ0n) is 16.2. The minimum Gasteiger partial charge on any atom is -0.493 e. The van der Waals surface area contributed by atoms with E-state index < -0.39 is 23.7 Å². The lowest BCUT2D eigenvalue weighted by atomic mass is 10.2. The van der Waals surface area contributed by atoms with E-state index in [1.807, 2.05) is 6.92 Å². The Hall–Kier alpha value is -2.44. The van der Waals surface area contributed by atoms with Crippen molar-refractivity contribution in [3.63, 3.8) is 0 Å². The Bertz CT molecular complexity index is 892. The molecule has 0 spiro atoms. The number of halogens is 1. The van der Waals surface area contributed by atoms with Crippen LogP contribution in [0.3, 0.4) is 0 Å². The van der Waals surface area contributed by atoms with Gasteiger partial charge < -0.3 is 14.2 Å². The van der Waals surface area contributed by atoms with E-state index in [1.165, 1.54) is 7.11 Å². The first-order valence-corrected chi connectivity index (χ1v) is 10.3. The van der Waals surface area contributed by atoms with Gasteiger partial charge in [0.05, 0.1) is 22.6 Å². The number of carbonyl (C=O) groups excluding carboxylic acids is 3. The number of carbonyl (C=O) groups is 3. The molecule has 1 saturated heterocycles. The van der Waals surface area contributed by atoms with E-state index in [-0.39, 0.29) is 17.6 Å². The summed E-state index contributed by atoms with van der Waals surface area (Å²) in [7, 11) is 1.48. The SMILES string of the molecule is C#CCOc1c(Br)cc(/C=C2\SC(=O)N(CC(=O)O[C@H](C)CC)C2=O)cc1OC. The molecule has 9 heteroatoms. The molecule has 1 atom stereocenters. The Labute approximate surface area is 181 Å². The lowest BCUT2D eigenvalue weighted by Gasteiger charge is -2.15. The van der Waals surface area contributed by atoms with Crippen LogP contribution in [0.4, 0.5) is 4.79 Å². The molecule has 0 aliphatic carbocycles. The Morgan fingerprint density at radius 3 is 2.76 bits per heavy atom. The molecule has 0 N–H and O–H groups in total. The second-order valence-corrected chi connectivity index (χ2v) is 7.85. The summed E-state index contributed by atoms with van der Waals surface area (Å²) in [5, 5.41) is -0.526. The van der Waals surface area contributed by atoms with Crippen LogP contribution in [0.15, 0.2) is 21.5 Å². The Kier molecular flexibility index (Phi) is 8.17. The average molecular weight is 482 g/mol. The molecule has 1 aromatic carbocycles. The number of ether oxygens (including phenoxy) is 3. The third-order valence-electron chi connectivity index (χ3n) is 3.92. The summed E-state index contributed by atoms with van der Waals surface area (Å²) in [6.45, 7) is 3.27. The Morgan fingerprint density at radius 2 is 2.14 bits per heavy atom. The van der Waals surface area contributed by atoms with Crippen LogP contribution >= 0.6 is 27.7 Å². The first-order valence-electron chi connectivity index (χ1n) is 8.69. The van der Waals surface area contributed by atoms with Gasteiger partial charge in [-0.1, -0.05) is 12.8 Å². The standard InChI is InChI=1S/C20H20BrNO6S/c1-5-7-27-18-14(21)8-13(9-15(18)26-4)10-16-19(24)22(20(25)29-16)11-17(23)28-12(3)6-2/h1,8-10,12H,6-7,11H2,2-4H3/b16-10-/t12-/m1/s1. The van der Waals surface area contributed by atoms with E-state index in [2.05, 4.69) is 21.9 Å². The summed E-state index contributed by atoms with van der Waals surface area (Å²) in [5.74, 6) is 2.05. The number of benzene rings is 1. The average Bonchev–Trinajstić information content (AvgIpc) is 2.93. The van der Waals surface area contributed by atoms with Gasteiger partial charge in [-0.25, -0.2) is 0 Å². The molecule has 0 saturated carbocycles. The molecule has 1 aromatic rings. The summed E-state index contributed by atoms with van der Waals surface area (Å²) in [6, 6.07) is 3.36. The summed E-state index contributed by atoms with van der Waals surface area (Å²) in [6.07, 6.45) is 7.13. The van der Waals surface area contributed by atoms with Gasteiger partial charge in [0.25, 0.3) is 11.1 Å². The molecule has 1 aliphatic rings. The maximum Gasteiger partial charge on any atom is 0.326 e. The van der Waals surface area contributed by atoms with E-state index in [4.69, 9.17) is 20.6 Å². The van der Waals surface area contributed by atoms with Gasteiger partial charge in [0.15, 0.2) is 11.5 Å². The molecule has 154 valence electrons. The molecule has 0 radical (unpaired) electrons. The highest BCUT2D eigenvalue weighted by Crippen LogP contribution is 2.39. The third kappa shape index (κ3) is 5.78. The van der Waals surface area contributed by atoms with Crippen LogP contribution in [0.1, 0.15) is 25.8 Å². The van der Waals surface area contributed by atoms with Crippen molar-refractivity contribution in [3.8, 4) is 23.8 Å². The monoisotopic (exact) mass is 481 g/mol. The van der Waals surface area contributed by atoms with Crippen LogP contribution in [-0.2, 0) is 14.3 Å². The summed E-state index contributed by atoms with van der Waals surface area (Å²) in [5.41, 5.74) is 0.606. The number of esters is 1. The molecule has 7 nitrogen and oxygen atoms in total. The summed E-state index contributed by atoms with van der Waals surface area (Å²) < 4.78 is 16.5. The predicted molar refractivity (Wildman–Crippen MR) is 114 cm³/mol. The number of amides is 2. The van der Waals surface area contributed by atoms with Gasteiger partial charge in [-0.15, -0.1) is 6.42 Å². The van der Waals surface area contributed by atoms with E-state index in [0.29, 0.717) is 28.0 Å². The predicted octanol–water partition coefficient (Wildman–Crippen LogP) is 3.85. The van der Waals surface area contributed by atoms with Gasteiger partial charge in [0.2, 0.25) is 0 Å². The fraction of sp³-hybridized carbons (Fsp3) is 0.350. The number of imide groups is 1. The number of hydrogen-bond donors (Lipinski definition) is 0. The van der Waals surface area contributed by atoms with Gasteiger partial charge >= 0.3 is 5.97 Å². The van der Waals surface area contributed by atoms with Crippen LogP contribution in [-0.4, -0.2) is 48.4 Å². The lowest BCUT2D eigenvalue weighted by Crippen LogP contribution is -2.35. The number of terminal acetylenes is 1. The van der Waals surface area contributed by atoms with Crippen molar-refractivity contribution in [3.05, 3.63) is 27.1 Å². The first-order chi connectivity index (χ1) is 13.8. The molecule has 1 fully saturated rings. The molecule has 1 aliphatic heterocycles. The molecule has 0 aromatic heterocycles. The van der Waals surface area contributed by atoms with Gasteiger partial charge in [-0.2, -0.15) is 0 Å². The van der Waals surface area contributed by atoms with E-state index in [9.17, 15) is 14.4 Å². The van der Waals surface area contributed by atoms with Gasteiger partial charge in [-0.3, -0.25) is 19.3 Å². The fourth-order valence-corrected chi connectivity index (χ4v) is 3.75. The largest absolute Gasteiger partial charge is 0.493 e. The molecule has 0 bridgehead atoms. The highest BCUT2D eigenvalue weighted by atomic mass is 79.9. The summed E-state index contributed by atoms with van der Waals surface area (Å²) >= 11 is 4.14. The zero-order valence-corrected chi connectivity index (χ0v) is 18.6. The minimum absolute atomic E-state index is 0.0694. The maximum absolute atomic E-state index is 12.6. The van der Waals surface area contributed by atoms with Gasteiger partial charge in [0, 0.05) is 0 Å². The molecule has 2 rings (SSSR count). The van der Waals surface area contributed by atoms with Crippen molar-refractivity contribution < 1.29 is 28.6 Å². The normalized spacial score (nSPS) is 16.0. The first kappa shape index (κ1) is 22.8. The Morgan fingerprint density at radius 1 is 1.41 bits per heavy atom. The Balaban J connectivity index is 2.21. The van der Waals surface area contributed by atoms with Crippen LogP contribution < -0.4 is 9.47 Å². The second kappa shape index (κ2) is 10.4. The van der Waals surface area contributed by atoms with Crippen molar-refractivity contribution in [2.45, 2.75) is 26.4 Å². The zero-order chi connectivity index (χ0) is 21.6. The molecule has 1 heterocycles. The number of methoxy groups -OCH3 is 1. The van der Waals surface area contributed by atoms with Crippen LogP contribution in [0.25, 0.3) is 6.08 Å². The van der Waals surface area contributed by atoms with Crippen LogP contribution in [0.2, 0.25) is 0 Å². The smallest absolute Gasteiger partial charge is 0.326 e. The van der Waals surface area contributed by atoms with Crippen molar-refractivity contribution in [2.75, 3.05) is 20.3 Å². The van der Waals surface area contributed by atoms with Gasteiger partial charge in [0.1, 0.15) is 13.2 Å². The van der Waals surface area contributed by atoms with Crippen LogP contribution in [0.5, 0.6) is 11.5 Å². The number of thioether (sulfide) groups is 1. The highest BCUT2D eigenvalue weighted by Gasteiger charge is 2.37. The van der Waals surface area contributed by atoms with Crippen LogP contribution in [0, 0.1) is 12.3 Å². The van der Waals surface area contributed by atoms with Crippen molar-refractivity contribution in [1.82, 2.24) is 4.90 Å². The molecular formula is C20H20BrNO6S. The van der Waals surface area contributed by atoms with E-state index in [1.54, 1.807) is 25.1 Å². The molecule has 0 unspecified atom stereocenters. The quantitative estimate of drug-likeness (QED) is 0.316. The summed E-state index contributed by atoms with van der Waals surface area (Å²) in [4.78, 5) is 37.8. The maximum atomic E-state index is 12.6. The van der Waals surface area contributed by atoms with Crippen molar-refractivity contribution >= 4 is 50.9 Å². The number of nitrogens with zero attached hydrogens (tertiary/aromatic N) is 1. The minimum atomic E-state index is -0.623. The number of rotatable bonds is 8.